The molecule has 4 rings (SSSR count). The van der Waals surface area contributed by atoms with Gasteiger partial charge in [-0.1, -0.05) is 6.07 Å². The van der Waals surface area contributed by atoms with Gasteiger partial charge in [-0.15, -0.1) is 12.4 Å². The van der Waals surface area contributed by atoms with Crippen LogP contribution in [0.15, 0.2) is 18.2 Å². The van der Waals surface area contributed by atoms with Gasteiger partial charge >= 0.3 is 0 Å². The third-order valence-electron chi connectivity index (χ3n) is 6.18. The van der Waals surface area contributed by atoms with Gasteiger partial charge in [0, 0.05) is 31.7 Å². The van der Waals surface area contributed by atoms with Gasteiger partial charge in [0.15, 0.2) is 0 Å². The second kappa shape index (κ2) is 7.90. The molecule has 3 aliphatic rings. The van der Waals surface area contributed by atoms with Crippen LogP contribution in [-0.4, -0.2) is 55.7 Å². The number of sulfonamides is 1. The third kappa shape index (κ3) is 4.14. The van der Waals surface area contributed by atoms with Gasteiger partial charge in [0.25, 0.3) is 0 Å². The summed E-state index contributed by atoms with van der Waals surface area (Å²) in [5.41, 5.74) is 2.73. The lowest BCUT2D eigenvalue weighted by atomic mass is 9.77. The quantitative estimate of drug-likeness (QED) is 0.761. The second-order valence-corrected chi connectivity index (χ2v) is 10.3. The van der Waals surface area contributed by atoms with Crippen molar-refractivity contribution in [3.8, 4) is 5.75 Å². The zero-order valence-electron chi connectivity index (χ0n) is 16.4. The van der Waals surface area contributed by atoms with E-state index in [0.717, 1.165) is 44.5 Å². The molecule has 5 nitrogen and oxygen atoms in total. The molecule has 27 heavy (non-hydrogen) atoms. The number of halogens is 1. The van der Waals surface area contributed by atoms with Crippen molar-refractivity contribution in [2.75, 3.05) is 25.9 Å². The van der Waals surface area contributed by atoms with E-state index in [1.54, 1.807) is 4.31 Å². The highest BCUT2D eigenvalue weighted by atomic mass is 35.5. The van der Waals surface area contributed by atoms with Gasteiger partial charge in [0.1, 0.15) is 5.75 Å². The zero-order chi connectivity index (χ0) is 18.5. The maximum Gasteiger partial charge on any atom is 0.211 e. The highest BCUT2D eigenvalue weighted by Gasteiger charge is 2.44. The van der Waals surface area contributed by atoms with E-state index >= 15 is 0 Å². The Bertz CT molecular complexity index is 783. The van der Waals surface area contributed by atoms with Crippen molar-refractivity contribution in [2.45, 2.75) is 57.7 Å². The van der Waals surface area contributed by atoms with E-state index in [1.165, 1.54) is 17.4 Å². The van der Waals surface area contributed by atoms with Crippen LogP contribution < -0.4 is 4.74 Å². The van der Waals surface area contributed by atoms with Gasteiger partial charge in [0.05, 0.1) is 12.4 Å². The number of benzene rings is 1. The van der Waals surface area contributed by atoms with Crippen molar-refractivity contribution in [2.24, 2.45) is 5.92 Å². The summed E-state index contributed by atoms with van der Waals surface area (Å²) < 4.78 is 32.2. The van der Waals surface area contributed by atoms with Crippen molar-refractivity contribution in [3.05, 3.63) is 29.3 Å². The molecule has 3 atom stereocenters. The van der Waals surface area contributed by atoms with Gasteiger partial charge in [-0.2, -0.15) is 4.31 Å². The van der Waals surface area contributed by atoms with Crippen LogP contribution in [0.4, 0.5) is 0 Å². The standard InChI is InChI=1S/C20H30N2O3S.ClH/c1-14(2)25-17-6-7-18-15(11-17)8-10-21-13-16-5-4-9-22(26(3,23)24)19(16)12-20(18)21;/h6-7,11,14,16,19-20H,4-5,8-10,12-13H2,1-3H3;1H/t16-,19+,20+;/m1./s1. The average Bonchev–Trinajstić information content (AvgIpc) is 2.57. The van der Waals surface area contributed by atoms with E-state index in [-0.39, 0.29) is 24.6 Å². The zero-order valence-corrected chi connectivity index (χ0v) is 18.1. The number of fused-ring (bicyclic) bond motifs is 4. The van der Waals surface area contributed by atoms with E-state index in [9.17, 15) is 8.42 Å². The monoisotopic (exact) mass is 414 g/mol. The molecule has 152 valence electrons. The normalized spacial score (nSPS) is 28.7. The summed E-state index contributed by atoms with van der Waals surface area (Å²) in [5, 5.41) is 0. The maximum atomic E-state index is 12.3. The Morgan fingerprint density at radius 3 is 2.70 bits per heavy atom. The first-order chi connectivity index (χ1) is 12.3. The van der Waals surface area contributed by atoms with Gasteiger partial charge in [-0.3, -0.25) is 4.90 Å². The van der Waals surface area contributed by atoms with E-state index in [2.05, 4.69) is 23.1 Å². The highest BCUT2D eigenvalue weighted by Crippen LogP contribution is 2.44. The maximum absolute atomic E-state index is 12.3. The van der Waals surface area contributed by atoms with Crippen molar-refractivity contribution in [3.63, 3.8) is 0 Å². The minimum absolute atomic E-state index is 0. The summed E-state index contributed by atoms with van der Waals surface area (Å²) in [4.78, 5) is 2.58. The molecule has 2 saturated heterocycles. The van der Waals surface area contributed by atoms with Crippen LogP contribution in [0.3, 0.4) is 0 Å². The number of rotatable bonds is 3. The Morgan fingerprint density at radius 1 is 1.22 bits per heavy atom. The predicted octanol–water partition coefficient (Wildman–Crippen LogP) is 3.24. The minimum Gasteiger partial charge on any atom is -0.491 e. The number of hydrogen-bond acceptors (Lipinski definition) is 4. The van der Waals surface area contributed by atoms with Crippen LogP contribution in [0.1, 0.15) is 50.3 Å². The lowest BCUT2D eigenvalue weighted by Gasteiger charge is -2.51. The Morgan fingerprint density at radius 2 is 2.00 bits per heavy atom. The van der Waals surface area contributed by atoms with Crippen LogP contribution in [0, 0.1) is 5.92 Å². The smallest absolute Gasteiger partial charge is 0.211 e. The summed E-state index contributed by atoms with van der Waals surface area (Å²) in [6.07, 6.45) is 5.64. The van der Waals surface area contributed by atoms with Gasteiger partial charge in [0.2, 0.25) is 10.0 Å². The lowest BCUT2D eigenvalue weighted by Crippen LogP contribution is -2.57. The molecule has 3 heterocycles. The van der Waals surface area contributed by atoms with Crippen molar-refractivity contribution in [1.29, 1.82) is 0 Å². The fourth-order valence-electron chi connectivity index (χ4n) is 5.15. The van der Waals surface area contributed by atoms with Crippen molar-refractivity contribution >= 4 is 22.4 Å². The van der Waals surface area contributed by atoms with E-state index < -0.39 is 10.0 Å². The van der Waals surface area contributed by atoms with Crippen LogP contribution in [-0.2, 0) is 16.4 Å². The van der Waals surface area contributed by atoms with Gasteiger partial charge < -0.3 is 4.74 Å². The SMILES string of the molecule is CC(C)Oc1ccc2c(c1)CCN1C[C@H]3CCCN(S(C)(=O)=O)[C@H]3C[C@@H]21.Cl. The van der Waals surface area contributed by atoms with E-state index in [4.69, 9.17) is 4.74 Å². The number of nitrogens with zero attached hydrogens (tertiary/aromatic N) is 2. The molecule has 0 radical (unpaired) electrons. The summed E-state index contributed by atoms with van der Waals surface area (Å²) in [7, 11) is -3.14. The van der Waals surface area contributed by atoms with Crippen LogP contribution in [0.2, 0.25) is 0 Å². The molecule has 1 aromatic rings. The lowest BCUT2D eigenvalue weighted by molar-refractivity contribution is 0.0222. The Labute approximate surface area is 169 Å². The van der Waals surface area contributed by atoms with E-state index in [1.807, 2.05) is 13.8 Å². The molecule has 0 unspecified atom stereocenters. The Kier molecular flexibility index (Phi) is 6.11. The summed E-state index contributed by atoms with van der Waals surface area (Å²) in [6, 6.07) is 6.95. The summed E-state index contributed by atoms with van der Waals surface area (Å²) in [5.74, 6) is 1.41. The number of ether oxygens (including phenoxy) is 1. The molecule has 0 N–H and O–H groups in total. The first-order valence-electron chi connectivity index (χ1n) is 9.83. The second-order valence-electron chi connectivity index (χ2n) is 8.37. The number of hydrogen-bond donors (Lipinski definition) is 0. The molecule has 2 fully saturated rings. The van der Waals surface area contributed by atoms with Crippen LogP contribution in [0.25, 0.3) is 0 Å². The minimum atomic E-state index is -3.14. The van der Waals surface area contributed by atoms with Crippen LogP contribution in [0.5, 0.6) is 5.75 Å². The van der Waals surface area contributed by atoms with Crippen molar-refractivity contribution in [1.82, 2.24) is 9.21 Å². The first-order valence-corrected chi connectivity index (χ1v) is 11.7. The highest BCUT2D eigenvalue weighted by molar-refractivity contribution is 7.88. The van der Waals surface area contributed by atoms with Gasteiger partial charge in [-0.25, -0.2) is 8.42 Å². The molecule has 0 aromatic heterocycles. The molecule has 0 amide bonds. The Balaban J connectivity index is 0.00000210. The first kappa shape index (κ1) is 20.9. The fraction of sp³-hybridized carbons (Fsp3) is 0.700. The summed E-state index contributed by atoms with van der Waals surface area (Å²) >= 11 is 0. The molecule has 0 aliphatic carbocycles. The van der Waals surface area contributed by atoms with Crippen molar-refractivity contribution < 1.29 is 13.2 Å². The predicted molar refractivity (Wildman–Crippen MR) is 110 cm³/mol. The molecule has 0 spiro atoms. The Hall–Kier alpha value is -0.820. The molecule has 0 bridgehead atoms. The molecule has 3 aliphatic heterocycles. The van der Waals surface area contributed by atoms with E-state index in [0.29, 0.717) is 18.5 Å². The van der Waals surface area contributed by atoms with Crippen LogP contribution >= 0.6 is 12.4 Å². The fourth-order valence-corrected chi connectivity index (χ4v) is 6.36. The number of piperidine rings is 2. The molecule has 7 heteroatoms. The molecule has 0 saturated carbocycles. The molecular formula is C20H31ClN2O3S. The average molecular weight is 415 g/mol. The molecular weight excluding hydrogens is 384 g/mol. The molecule has 1 aromatic carbocycles. The van der Waals surface area contributed by atoms with Gasteiger partial charge in [-0.05, 0) is 68.7 Å². The topological polar surface area (TPSA) is 49.9 Å². The third-order valence-corrected chi connectivity index (χ3v) is 7.49. The summed E-state index contributed by atoms with van der Waals surface area (Å²) in [6.45, 7) is 6.85. The largest absolute Gasteiger partial charge is 0.491 e.